The minimum Gasteiger partial charge on any atom is -0.481 e. The number of methoxy groups -OCH3 is 1. The Balaban J connectivity index is 2.30. The van der Waals surface area contributed by atoms with E-state index >= 15 is 0 Å². The van der Waals surface area contributed by atoms with Gasteiger partial charge in [0, 0.05) is 6.07 Å². The Hall–Kier alpha value is -2.02. The van der Waals surface area contributed by atoms with Crippen LogP contribution in [0.4, 0.5) is 0 Å². The van der Waals surface area contributed by atoms with Crippen molar-refractivity contribution in [1.29, 1.82) is 0 Å². The lowest BCUT2D eigenvalue weighted by atomic mass is 10.2. The molecule has 0 aliphatic rings. The van der Waals surface area contributed by atoms with Crippen molar-refractivity contribution >= 4 is 0 Å². The van der Waals surface area contributed by atoms with Crippen LogP contribution >= 0.6 is 0 Å². The second kappa shape index (κ2) is 4.88. The van der Waals surface area contributed by atoms with Crippen molar-refractivity contribution in [2.45, 2.75) is 19.4 Å². The van der Waals surface area contributed by atoms with Crippen LogP contribution in [0.3, 0.4) is 0 Å². The Morgan fingerprint density at radius 1 is 1.47 bits per heavy atom. The summed E-state index contributed by atoms with van der Waals surface area (Å²) in [5, 5.41) is 3.82. The van der Waals surface area contributed by atoms with Crippen molar-refractivity contribution < 1.29 is 9.26 Å². The average Bonchev–Trinajstić information content (AvgIpc) is 2.87. The van der Waals surface area contributed by atoms with Crippen molar-refractivity contribution in [2.24, 2.45) is 5.73 Å². The molecule has 2 rings (SSSR count). The summed E-state index contributed by atoms with van der Waals surface area (Å²) in [4.78, 5) is 12.1. The van der Waals surface area contributed by atoms with E-state index in [9.17, 15) is 0 Å². The van der Waals surface area contributed by atoms with E-state index in [0.717, 1.165) is 6.42 Å². The van der Waals surface area contributed by atoms with E-state index in [0.29, 0.717) is 23.3 Å². The lowest BCUT2D eigenvalue weighted by Gasteiger charge is -1.99. The zero-order chi connectivity index (χ0) is 12.3. The van der Waals surface area contributed by atoms with Gasteiger partial charge in [0.15, 0.2) is 0 Å². The zero-order valence-electron chi connectivity index (χ0n) is 9.62. The maximum absolute atomic E-state index is 5.79. The second-order valence-electron chi connectivity index (χ2n) is 3.42. The lowest BCUT2D eigenvalue weighted by molar-refractivity contribution is 0.352. The number of hydrogen-bond acceptors (Lipinski definition) is 7. The Kier molecular flexibility index (Phi) is 3.29. The fourth-order valence-corrected chi connectivity index (χ4v) is 1.24. The second-order valence-corrected chi connectivity index (χ2v) is 3.42. The maximum Gasteiger partial charge on any atom is 0.243 e. The van der Waals surface area contributed by atoms with Gasteiger partial charge in [-0.1, -0.05) is 12.1 Å². The lowest BCUT2D eigenvalue weighted by Crippen LogP contribution is -2.08. The first-order valence-corrected chi connectivity index (χ1v) is 5.20. The molecule has 1 atom stereocenters. The number of nitrogens with two attached hydrogens (primary N) is 1. The highest BCUT2D eigenvalue weighted by Crippen LogP contribution is 2.19. The summed E-state index contributed by atoms with van der Waals surface area (Å²) in [6.07, 6.45) is 2.11. The molecule has 0 aliphatic carbocycles. The third-order valence-corrected chi connectivity index (χ3v) is 2.28. The smallest absolute Gasteiger partial charge is 0.243 e. The van der Waals surface area contributed by atoms with Crippen LogP contribution in [0.25, 0.3) is 11.5 Å². The molecule has 2 heterocycles. The molecule has 90 valence electrons. The molecule has 0 saturated carbocycles. The summed E-state index contributed by atoms with van der Waals surface area (Å²) in [5.41, 5.74) is 6.33. The topological polar surface area (TPSA) is 100.0 Å². The van der Waals surface area contributed by atoms with Gasteiger partial charge >= 0.3 is 0 Å². The van der Waals surface area contributed by atoms with Gasteiger partial charge in [-0.15, -0.1) is 0 Å². The fraction of sp³-hybridized carbons (Fsp3) is 0.400. The van der Waals surface area contributed by atoms with Crippen LogP contribution in [0.15, 0.2) is 16.9 Å². The molecule has 2 N–H and O–H groups in total. The molecule has 2 aromatic rings. The molecule has 7 heteroatoms. The third kappa shape index (κ3) is 2.39. The van der Waals surface area contributed by atoms with E-state index in [1.165, 1.54) is 13.4 Å². The van der Waals surface area contributed by atoms with Crippen molar-refractivity contribution in [2.75, 3.05) is 7.11 Å². The fourth-order valence-electron chi connectivity index (χ4n) is 1.24. The van der Waals surface area contributed by atoms with Crippen molar-refractivity contribution in [3.05, 3.63) is 18.3 Å². The average molecular weight is 235 g/mol. The standard InChI is InChI=1S/C10H13N5O2/c1-3-6(11)10-14-9(15-17-10)7-4-8(16-2)13-5-12-7/h4-6H,3,11H2,1-2H3. The van der Waals surface area contributed by atoms with Crippen molar-refractivity contribution in [3.8, 4) is 17.4 Å². The number of ether oxygens (including phenoxy) is 1. The number of rotatable bonds is 4. The number of aromatic nitrogens is 4. The van der Waals surface area contributed by atoms with Crippen LogP contribution < -0.4 is 10.5 Å². The SMILES string of the molecule is CCC(N)c1nc(-c2cc(OC)ncn2)no1. The van der Waals surface area contributed by atoms with Gasteiger partial charge in [-0.2, -0.15) is 4.98 Å². The molecule has 17 heavy (non-hydrogen) atoms. The molecule has 0 aliphatic heterocycles. The normalized spacial score (nSPS) is 12.4. The molecular weight excluding hydrogens is 222 g/mol. The van der Waals surface area contributed by atoms with Gasteiger partial charge in [0.25, 0.3) is 0 Å². The van der Waals surface area contributed by atoms with Gasteiger partial charge in [0.1, 0.15) is 12.0 Å². The molecule has 7 nitrogen and oxygen atoms in total. The van der Waals surface area contributed by atoms with Gasteiger partial charge in [-0.25, -0.2) is 9.97 Å². The zero-order valence-corrected chi connectivity index (χ0v) is 9.62. The molecule has 0 spiro atoms. The van der Waals surface area contributed by atoms with Gasteiger partial charge in [-0.05, 0) is 6.42 Å². The van der Waals surface area contributed by atoms with Gasteiger partial charge < -0.3 is 15.0 Å². The third-order valence-electron chi connectivity index (χ3n) is 2.28. The molecule has 0 fully saturated rings. The van der Waals surface area contributed by atoms with Crippen LogP contribution in [0, 0.1) is 0 Å². The summed E-state index contributed by atoms with van der Waals surface area (Å²) in [6.45, 7) is 1.95. The summed E-state index contributed by atoms with van der Waals surface area (Å²) in [7, 11) is 1.53. The largest absolute Gasteiger partial charge is 0.481 e. The van der Waals surface area contributed by atoms with Crippen LogP contribution in [-0.2, 0) is 0 Å². The summed E-state index contributed by atoms with van der Waals surface area (Å²) in [6, 6.07) is 1.38. The molecule has 0 saturated heterocycles. The Labute approximate surface area is 98.0 Å². The molecular formula is C10H13N5O2. The van der Waals surface area contributed by atoms with Crippen molar-refractivity contribution in [1.82, 2.24) is 20.1 Å². The highest BCUT2D eigenvalue weighted by molar-refractivity contribution is 5.49. The number of nitrogens with zero attached hydrogens (tertiary/aromatic N) is 4. The van der Waals surface area contributed by atoms with Gasteiger partial charge in [-0.3, -0.25) is 0 Å². The Morgan fingerprint density at radius 3 is 3.00 bits per heavy atom. The molecule has 0 bridgehead atoms. The van der Waals surface area contributed by atoms with Crippen LogP contribution in [0.2, 0.25) is 0 Å². The Bertz CT molecular complexity index is 499. The molecule has 1 unspecified atom stereocenters. The number of hydrogen-bond donors (Lipinski definition) is 1. The first-order chi connectivity index (χ1) is 8.24. The quantitative estimate of drug-likeness (QED) is 0.841. The van der Waals surface area contributed by atoms with E-state index in [1.807, 2.05) is 6.92 Å². The molecule has 2 aromatic heterocycles. The van der Waals surface area contributed by atoms with Crippen molar-refractivity contribution in [3.63, 3.8) is 0 Å². The molecule has 0 amide bonds. The van der Waals surface area contributed by atoms with E-state index < -0.39 is 0 Å². The van der Waals surface area contributed by atoms with Gasteiger partial charge in [0.2, 0.25) is 17.6 Å². The highest BCUT2D eigenvalue weighted by Gasteiger charge is 2.15. The first kappa shape index (κ1) is 11.5. The predicted octanol–water partition coefficient (Wildman–Crippen LogP) is 0.945. The first-order valence-electron chi connectivity index (χ1n) is 5.20. The van der Waals surface area contributed by atoms with E-state index in [1.54, 1.807) is 6.07 Å². The predicted molar refractivity (Wildman–Crippen MR) is 59.1 cm³/mol. The summed E-state index contributed by atoms with van der Waals surface area (Å²) in [5.74, 6) is 1.23. The van der Waals surface area contributed by atoms with Gasteiger partial charge in [0.05, 0.1) is 13.2 Å². The van der Waals surface area contributed by atoms with E-state index in [4.69, 9.17) is 15.0 Å². The van der Waals surface area contributed by atoms with E-state index in [2.05, 4.69) is 20.1 Å². The maximum atomic E-state index is 5.79. The minimum absolute atomic E-state index is 0.250. The molecule has 0 radical (unpaired) electrons. The Morgan fingerprint density at radius 2 is 2.29 bits per heavy atom. The van der Waals surface area contributed by atoms with Crippen LogP contribution in [0.1, 0.15) is 25.3 Å². The monoisotopic (exact) mass is 235 g/mol. The van der Waals surface area contributed by atoms with Crippen LogP contribution in [-0.4, -0.2) is 27.2 Å². The van der Waals surface area contributed by atoms with E-state index in [-0.39, 0.29) is 6.04 Å². The highest BCUT2D eigenvalue weighted by atomic mass is 16.5. The van der Waals surface area contributed by atoms with Crippen LogP contribution in [0.5, 0.6) is 5.88 Å². The minimum atomic E-state index is -0.250. The summed E-state index contributed by atoms with van der Waals surface area (Å²) >= 11 is 0. The molecule has 0 aromatic carbocycles. The summed E-state index contributed by atoms with van der Waals surface area (Å²) < 4.78 is 10.0.